The van der Waals surface area contributed by atoms with Crippen molar-refractivity contribution in [1.29, 1.82) is 0 Å². The van der Waals surface area contributed by atoms with Gasteiger partial charge in [-0.2, -0.15) is 0 Å². The third-order valence-electron chi connectivity index (χ3n) is 3.97. The van der Waals surface area contributed by atoms with Gasteiger partial charge in [0.25, 0.3) is 5.91 Å². The van der Waals surface area contributed by atoms with Crippen molar-refractivity contribution in [2.75, 3.05) is 5.32 Å². The summed E-state index contributed by atoms with van der Waals surface area (Å²) in [5, 5.41) is 3.84. The molecule has 0 spiro atoms. The Labute approximate surface area is 150 Å². The highest BCUT2D eigenvalue weighted by molar-refractivity contribution is 6.31. The fraction of sp³-hybridized carbons (Fsp3) is 0.200. The zero-order valence-electron chi connectivity index (χ0n) is 13.8. The maximum Gasteiger partial charge on any atom is 0.349 e. The maximum atomic E-state index is 12.4. The number of hydrogen-bond acceptors (Lipinski definition) is 3. The Bertz CT molecular complexity index is 961. The fourth-order valence-electron chi connectivity index (χ4n) is 2.59. The van der Waals surface area contributed by atoms with E-state index in [1.165, 1.54) is 11.6 Å². The second-order valence-corrected chi connectivity index (χ2v) is 6.32. The number of halogens is 1. The molecular weight excluding hydrogens is 338 g/mol. The topological polar surface area (TPSA) is 59.3 Å². The van der Waals surface area contributed by atoms with Gasteiger partial charge in [-0.3, -0.25) is 4.79 Å². The molecule has 25 heavy (non-hydrogen) atoms. The molecule has 3 aromatic rings. The Kier molecular flexibility index (Phi) is 5.19. The van der Waals surface area contributed by atoms with Crippen LogP contribution < -0.4 is 10.9 Å². The molecule has 0 saturated carbocycles. The second-order valence-electron chi connectivity index (χ2n) is 5.88. The summed E-state index contributed by atoms with van der Waals surface area (Å²) in [7, 11) is 0. The second kappa shape index (κ2) is 7.53. The molecule has 0 unspecified atom stereocenters. The molecule has 0 aliphatic carbocycles. The summed E-state index contributed by atoms with van der Waals surface area (Å²) in [6, 6.07) is 14.0. The van der Waals surface area contributed by atoms with Gasteiger partial charge in [0.1, 0.15) is 11.1 Å². The van der Waals surface area contributed by atoms with Gasteiger partial charge in [0.2, 0.25) is 0 Å². The SMILES string of the molecule is CCCCc1ccc(NC(=O)c2cc3cc(Cl)ccc3oc2=O)cc1. The minimum atomic E-state index is -0.674. The van der Waals surface area contributed by atoms with Crippen LogP contribution >= 0.6 is 11.6 Å². The lowest BCUT2D eigenvalue weighted by Crippen LogP contribution is -2.20. The van der Waals surface area contributed by atoms with Crippen molar-refractivity contribution in [3.8, 4) is 0 Å². The summed E-state index contributed by atoms with van der Waals surface area (Å²) in [5.41, 5.74) is 1.53. The largest absolute Gasteiger partial charge is 0.422 e. The predicted octanol–water partition coefficient (Wildman–Crippen LogP) is 5.04. The van der Waals surface area contributed by atoms with Crippen LogP contribution in [0.15, 0.2) is 57.7 Å². The molecule has 1 heterocycles. The molecule has 1 N–H and O–H groups in total. The number of fused-ring (bicyclic) bond motifs is 1. The number of anilines is 1. The van der Waals surface area contributed by atoms with Crippen molar-refractivity contribution < 1.29 is 9.21 Å². The van der Waals surface area contributed by atoms with Crippen LogP contribution in [0.2, 0.25) is 5.02 Å². The van der Waals surface area contributed by atoms with Crippen molar-refractivity contribution in [2.24, 2.45) is 0 Å². The molecule has 0 aliphatic heterocycles. The van der Waals surface area contributed by atoms with Crippen LogP contribution in [0.1, 0.15) is 35.7 Å². The van der Waals surface area contributed by atoms with Gasteiger partial charge in [0.15, 0.2) is 0 Å². The van der Waals surface area contributed by atoms with E-state index in [1.807, 2.05) is 24.3 Å². The van der Waals surface area contributed by atoms with Crippen LogP contribution in [0.5, 0.6) is 0 Å². The average Bonchev–Trinajstić information content (AvgIpc) is 2.61. The number of hydrogen-bond donors (Lipinski definition) is 1. The van der Waals surface area contributed by atoms with Crippen molar-refractivity contribution in [3.05, 3.63) is 75.1 Å². The Morgan fingerprint density at radius 1 is 1.12 bits per heavy atom. The van der Waals surface area contributed by atoms with Crippen LogP contribution in [0, 0.1) is 0 Å². The molecule has 3 rings (SSSR count). The molecule has 0 atom stereocenters. The van der Waals surface area contributed by atoms with Crippen LogP contribution in [0.25, 0.3) is 11.0 Å². The number of benzene rings is 2. The number of carbonyl (C=O) groups is 1. The zero-order valence-corrected chi connectivity index (χ0v) is 14.6. The van der Waals surface area contributed by atoms with Gasteiger partial charge in [-0.1, -0.05) is 37.1 Å². The van der Waals surface area contributed by atoms with Crippen LogP contribution in [0.4, 0.5) is 5.69 Å². The minimum Gasteiger partial charge on any atom is -0.422 e. The van der Waals surface area contributed by atoms with Gasteiger partial charge in [0.05, 0.1) is 0 Å². The molecule has 2 aromatic carbocycles. The van der Waals surface area contributed by atoms with Gasteiger partial charge < -0.3 is 9.73 Å². The van der Waals surface area contributed by atoms with Crippen molar-refractivity contribution in [3.63, 3.8) is 0 Å². The van der Waals surface area contributed by atoms with E-state index < -0.39 is 11.5 Å². The first-order valence-electron chi connectivity index (χ1n) is 8.20. The van der Waals surface area contributed by atoms with Gasteiger partial charge in [-0.05, 0) is 54.8 Å². The van der Waals surface area contributed by atoms with Gasteiger partial charge >= 0.3 is 5.63 Å². The fourth-order valence-corrected chi connectivity index (χ4v) is 2.77. The molecule has 0 aliphatic rings. The molecule has 1 aromatic heterocycles. The van der Waals surface area contributed by atoms with E-state index in [1.54, 1.807) is 18.2 Å². The highest BCUT2D eigenvalue weighted by Gasteiger charge is 2.14. The van der Waals surface area contributed by atoms with Crippen LogP contribution in [-0.2, 0) is 6.42 Å². The Balaban J connectivity index is 1.82. The van der Waals surface area contributed by atoms with Crippen molar-refractivity contribution >= 4 is 34.2 Å². The normalized spacial score (nSPS) is 10.8. The molecule has 0 fully saturated rings. The summed E-state index contributed by atoms with van der Waals surface area (Å²) in [6.45, 7) is 2.15. The van der Waals surface area contributed by atoms with Gasteiger partial charge in [0, 0.05) is 16.1 Å². The zero-order chi connectivity index (χ0) is 17.8. The standard InChI is InChI=1S/C20H18ClNO3/c1-2-3-4-13-5-8-16(9-6-13)22-19(23)17-12-14-11-15(21)7-10-18(14)25-20(17)24/h5-12H,2-4H2,1H3,(H,22,23). The molecule has 4 nitrogen and oxygen atoms in total. The molecule has 128 valence electrons. The molecule has 0 radical (unpaired) electrons. The van der Waals surface area contributed by atoms with Crippen LogP contribution in [-0.4, -0.2) is 5.91 Å². The summed E-state index contributed by atoms with van der Waals surface area (Å²) < 4.78 is 5.19. The highest BCUT2D eigenvalue weighted by atomic mass is 35.5. The minimum absolute atomic E-state index is 0.0511. The molecule has 0 bridgehead atoms. The van der Waals surface area contributed by atoms with E-state index in [4.69, 9.17) is 16.0 Å². The number of rotatable bonds is 5. The van der Waals surface area contributed by atoms with Crippen molar-refractivity contribution in [1.82, 2.24) is 0 Å². The lowest BCUT2D eigenvalue weighted by molar-refractivity contribution is 0.102. The quantitative estimate of drug-likeness (QED) is 0.652. The number of unbranched alkanes of at least 4 members (excludes halogenated alkanes) is 1. The number of amides is 1. The van der Waals surface area contributed by atoms with Gasteiger partial charge in [-0.25, -0.2) is 4.79 Å². The monoisotopic (exact) mass is 355 g/mol. The van der Waals surface area contributed by atoms with E-state index >= 15 is 0 Å². The van der Waals surface area contributed by atoms with E-state index in [2.05, 4.69) is 12.2 Å². The molecule has 0 saturated heterocycles. The summed E-state index contributed by atoms with van der Waals surface area (Å²) in [6.07, 6.45) is 3.28. The molecule has 5 heteroatoms. The number of aryl methyl sites for hydroxylation is 1. The van der Waals surface area contributed by atoms with E-state index in [9.17, 15) is 9.59 Å². The smallest absolute Gasteiger partial charge is 0.349 e. The highest BCUT2D eigenvalue weighted by Crippen LogP contribution is 2.19. The van der Waals surface area contributed by atoms with E-state index in [0.29, 0.717) is 21.7 Å². The lowest BCUT2D eigenvalue weighted by Gasteiger charge is -2.07. The van der Waals surface area contributed by atoms with Crippen molar-refractivity contribution in [2.45, 2.75) is 26.2 Å². The first-order chi connectivity index (χ1) is 12.1. The molecule has 1 amide bonds. The number of carbonyl (C=O) groups excluding carboxylic acids is 1. The predicted molar refractivity (Wildman–Crippen MR) is 101 cm³/mol. The Hall–Kier alpha value is -2.59. The first kappa shape index (κ1) is 17.2. The van der Waals surface area contributed by atoms with Crippen LogP contribution in [0.3, 0.4) is 0 Å². The lowest BCUT2D eigenvalue weighted by atomic mass is 10.1. The van der Waals surface area contributed by atoms with E-state index in [-0.39, 0.29) is 5.56 Å². The first-order valence-corrected chi connectivity index (χ1v) is 8.58. The average molecular weight is 356 g/mol. The maximum absolute atomic E-state index is 12.4. The summed E-state index contributed by atoms with van der Waals surface area (Å²) in [5.74, 6) is -0.503. The number of nitrogens with one attached hydrogen (secondary N) is 1. The van der Waals surface area contributed by atoms with E-state index in [0.717, 1.165) is 19.3 Å². The third kappa shape index (κ3) is 4.09. The summed E-state index contributed by atoms with van der Waals surface area (Å²) >= 11 is 5.95. The Morgan fingerprint density at radius 2 is 1.88 bits per heavy atom. The van der Waals surface area contributed by atoms with Gasteiger partial charge in [-0.15, -0.1) is 0 Å². The molecular formula is C20H18ClNO3. The summed E-state index contributed by atoms with van der Waals surface area (Å²) in [4.78, 5) is 24.5. The third-order valence-corrected chi connectivity index (χ3v) is 4.20. The Morgan fingerprint density at radius 3 is 2.60 bits per heavy atom.